The minimum atomic E-state index is 0.320. The van der Waals surface area contributed by atoms with Crippen LogP contribution >= 0.6 is 0 Å². The first-order valence-electron chi connectivity index (χ1n) is 7.61. The number of carbonyl (C=O) groups is 1. The van der Waals surface area contributed by atoms with Crippen LogP contribution in [0.1, 0.15) is 31.7 Å². The van der Waals surface area contributed by atoms with Gasteiger partial charge >= 0.3 is 0 Å². The van der Waals surface area contributed by atoms with Gasteiger partial charge in [-0.3, -0.25) is 4.79 Å². The molecule has 0 heterocycles. The number of hydrogen-bond donors (Lipinski definition) is 0. The third-order valence-electron chi connectivity index (χ3n) is 4.16. The van der Waals surface area contributed by atoms with Crippen molar-refractivity contribution in [3.8, 4) is 11.1 Å². The second kappa shape index (κ2) is 6.09. The van der Waals surface area contributed by atoms with E-state index in [1.807, 2.05) is 18.2 Å². The summed E-state index contributed by atoms with van der Waals surface area (Å²) >= 11 is 0. The smallest absolute Gasteiger partial charge is 0.159 e. The summed E-state index contributed by atoms with van der Waals surface area (Å²) in [5, 5.41) is 0. The first-order chi connectivity index (χ1) is 10.2. The molecular formula is C20H20O. The summed E-state index contributed by atoms with van der Waals surface area (Å²) in [6.45, 7) is 2.16. The van der Waals surface area contributed by atoms with E-state index in [-0.39, 0.29) is 0 Å². The molecule has 106 valence electrons. The van der Waals surface area contributed by atoms with Crippen molar-refractivity contribution in [3.63, 3.8) is 0 Å². The molecule has 1 saturated carbocycles. The Morgan fingerprint density at radius 2 is 1.62 bits per heavy atom. The Hall–Kier alpha value is -2.15. The standard InChI is InChI=1S/C20H20O/c1-15-7-10-19(20(21)13-15)14-16-8-11-18(12-9-16)17-5-3-2-4-6-17/h2-6,8-9,11-12,14-15H,7,10,13H2,1H3/b19-14-/t15-/m1/s1. The van der Waals surface area contributed by atoms with Gasteiger partial charge in [-0.2, -0.15) is 0 Å². The molecular weight excluding hydrogens is 256 g/mol. The molecule has 0 spiro atoms. The van der Waals surface area contributed by atoms with E-state index >= 15 is 0 Å². The molecule has 1 nitrogen and oxygen atoms in total. The van der Waals surface area contributed by atoms with E-state index < -0.39 is 0 Å². The van der Waals surface area contributed by atoms with Crippen molar-refractivity contribution in [1.29, 1.82) is 0 Å². The van der Waals surface area contributed by atoms with Gasteiger partial charge in [0, 0.05) is 6.42 Å². The molecule has 0 amide bonds. The average Bonchev–Trinajstić information content (AvgIpc) is 2.52. The molecule has 0 N–H and O–H groups in total. The Bertz CT molecular complexity index is 650. The zero-order valence-electron chi connectivity index (χ0n) is 12.4. The highest BCUT2D eigenvalue weighted by Gasteiger charge is 2.20. The predicted molar refractivity (Wildman–Crippen MR) is 87.9 cm³/mol. The van der Waals surface area contributed by atoms with E-state index in [0.29, 0.717) is 18.1 Å². The second-order valence-corrected chi connectivity index (χ2v) is 5.93. The molecule has 0 unspecified atom stereocenters. The van der Waals surface area contributed by atoms with Crippen LogP contribution in [0.15, 0.2) is 60.2 Å². The highest BCUT2D eigenvalue weighted by atomic mass is 16.1. The normalized spacial score (nSPS) is 20.7. The molecule has 1 aliphatic carbocycles. The molecule has 0 bridgehead atoms. The largest absolute Gasteiger partial charge is 0.295 e. The molecule has 2 aromatic rings. The van der Waals surface area contributed by atoms with Crippen LogP contribution in [0, 0.1) is 5.92 Å². The van der Waals surface area contributed by atoms with Gasteiger partial charge in [0.15, 0.2) is 5.78 Å². The van der Waals surface area contributed by atoms with E-state index in [4.69, 9.17) is 0 Å². The first-order valence-corrected chi connectivity index (χ1v) is 7.61. The van der Waals surface area contributed by atoms with Crippen LogP contribution in [0.5, 0.6) is 0 Å². The van der Waals surface area contributed by atoms with Crippen LogP contribution in [0.3, 0.4) is 0 Å². The quantitative estimate of drug-likeness (QED) is 0.695. The van der Waals surface area contributed by atoms with E-state index in [1.165, 1.54) is 11.1 Å². The van der Waals surface area contributed by atoms with Crippen LogP contribution < -0.4 is 0 Å². The van der Waals surface area contributed by atoms with Crippen LogP contribution in [0.2, 0.25) is 0 Å². The highest BCUT2D eigenvalue weighted by Crippen LogP contribution is 2.27. The molecule has 1 atom stereocenters. The number of hydrogen-bond acceptors (Lipinski definition) is 1. The zero-order valence-corrected chi connectivity index (χ0v) is 12.4. The monoisotopic (exact) mass is 276 g/mol. The van der Waals surface area contributed by atoms with Crippen LogP contribution in [-0.2, 0) is 4.79 Å². The van der Waals surface area contributed by atoms with Crippen molar-refractivity contribution in [1.82, 2.24) is 0 Å². The zero-order chi connectivity index (χ0) is 14.7. The Kier molecular flexibility index (Phi) is 4.01. The molecule has 3 rings (SSSR count). The summed E-state index contributed by atoms with van der Waals surface area (Å²) in [4.78, 5) is 12.0. The lowest BCUT2D eigenvalue weighted by Crippen LogP contribution is -2.15. The van der Waals surface area contributed by atoms with Crippen molar-refractivity contribution >= 4 is 11.9 Å². The summed E-state index contributed by atoms with van der Waals surface area (Å²) < 4.78 is 0. The Balaban J connectivity index is 1.80. The van der Waals surface area contributed by atoms with Crippen molar-refractivity contribution in [2.24, 2.45) is 5.92 Å². The van der Waals surface area contributed by atoms with Crippen molar-refractivity contribution < 1.29 is 4.79 Å². The summed E-state index contributed by atoms with van der Waals surface area (Å²) in [5.74, 6) is 0.857. The van der Waals surface area contributed by atoms with Gasteiger partial charge in [0.2, 0.25) is 0 Å². The van der Waals surface area contributed by atoms with Gasteiger partial charge in [-0.1, -0.05) is 61.5 Å². The van der Waals surface area contributed by atoms with E-state index in [2.05, 4.69) is 49.4 Å². The molecule has 2 aromatic carbocycles. The molecule has 21 heavy (non-hydrogen) atoms. The lowest BCUT2D eigenvalue weighted by atomic mass is 9.85. The summed E-state index contributed by atoms with van der Waals surface area (Å²) in [6.07, 6.45) is 4.80. The summed E-state index contributed by atoms with van der Waals surface area (Å²) in [6, 6.07) is 18.8. The fraction of sp³-hybridized carbons (Fsp3) is 0.250. The fourth-order valence-corrected chi connectivity index (χ4v) is 2.85. The maximum absolute atomic E-state index is 12.0. The van der Waals surface area contributed by atoms with Crippen molar-refractivity contribution in [2.45, 2.75) is 26.2 Å². The van der Waals surface area contributed by atoms with Crippen molar-refractivity contribution in [2.75, 3.05) is 0 Å². The second-order valence-electron chi connectivity index (χ2n) is 5.93. The van der Waals surface area contributed by atoms with Gasteiger partial charge in [0.1, 0.15) is 0 Å². The fourth-order valence-electron chi connectivity index (χ4n) is 2.85. The summed E-state index contributed by atoms with van der Waals surface area (Å²) in [5.41, 5.74) is 4.54. The van der Waals surface area contributed by atoms with E-state index in [9.17, 15) is 4.79 Å². The Morgan fingerprint density at radius 3 is 2.29 bits per heavy atom. The Morgan fingerprint density at radius 1 is 0.952 bits per heavy atom. The Labute approximate surface area is 126 Å². The molecule has 1 aliphatic rings. The molecule has 0 radical (unpaired) electrons. The highest BCUT2D eigenvalue weighted by molar-refractivity contribution is 6.00. The predicted octanol–water partition coefficient (Wildman–Crippen LogP) is 5.13. The lowest BCUT2D eigenvalue weighted by Gasteiger charge is -2.19. The molecule has 0 saturated heterocycles. The number of allylic oxidation sites excluding steroid dienone is 1. The molecule has 1 heteroatoms. The maximum atomic E-state index is 12.0. The molecule has 0 aromatic heterocycles. The van der Waals surface area contributed by atoms with Crippen molar-refractivity contribution in [3.05, 3.63) is 65.7 Å². The van der Waals surface area contributed by atoms with Gasteiger partial charge in [-0.15, -0.1) is 0 Å². The van der Waals surface area contributed by atoms with Gasteiger partial charge in [-0.05, 0) is 47.1 Å². The third kappa shape index (κ3) is 3.30. The minimum Gasteiger partial charge on any atom is -0.295 e. The third-order valence-corrected chi connectivity index (χ3v) is 4.16. The van der Waals surface area contributed by atoms with Crippen LogP contribution in [0.25, 0.3) is 17.2 Å². The topological polar surface area (TPSA) is 17.1 Å². The molecule has 1 fully saturated rings. The van der Waals surface area contributed by atoms with E-state index in [0.717, 1.165) is 24.0 Å². The van der Waals surface area contributed by atoms with Gasteiger partial charge in [-0.25, -0.2) is 0 Å². The number of Topliss-reactive ketones (excluding diaryl/α,β-unsaturated/α-hetero) is 1. The number of ketones is 1. The van der Waals surface area contributed by atoms with Gasteiger partial charge in [0.05, 0.1) is 0 Å². The lowest BCUT2D eigenvalue weighted by molar-refractivity contribution is -0.117. The average molecular weight is 276 g/mol. The van der Waals surface area contributed by atoms with Crippen LogP contribution in [-0.4, -0.2) is 5.78 Å². The van der Waals surface area contributed by atoms with Crippen LogP contribution in [0.4, 0.5) is 0 Å². The van der Waals surface area contributed by atoms with E-state index in [1.54, 1.807) is 0 Å². The van der Waals surface area contributed by atoms with Gasteiger partial charge < -0.3 is 0 Å². The van der Waals surface area contributed by atoms with Gasteiger partial charge in [0.25, 0.3) is 0 Å². The summed E-state index contributed by atoms with van der Waals surface area (Å²) in [7, 11) is 0. The number of carbonyl (C=O) groups excluding carboxylic acids is 1. The number of benzene rings is 2. The first kappa shape index (κ1) is 13.8. The maximum Gasteiger partial charge on any atom is 0.159 e. The number of rotatable bonds is 2. The minimum absolute atomic E-state index is 0.320. The molecule has 0 aliphatic heterocycles. The SMILES string of the molecule is C[C@@H]1CC/C(=C/c2ccc(-c3ccccc3)cc2)C(=O)C1.